The number of nitrogens with zero attached hydrogens (tertiary/aromatic N) is 2. The molecule has 0 aromatic rings. The summed E-state index contributed by atoms with van der Waals surface area (Å²) in [7, 11) is -6.85. The number of esters is 3. The van der Waals surface area contributed by atoms with E-state index in [0.29, 0.717) is 17.3 Å². The first kappa shape index (κ1) is 35.2. The molecule has 18 heteroatoms. The van der Waals surface area contributed by atoms with Crippen molar-refractivity contribution >= 4 is 61.3 Å². The van der Waals surface area contributed by atoms with Crippen molar-refractivity contribution in [2.75, 3.05) is 20.1 Å². The van der Waals surface area contributed by atoms with E-state index in [2.05, 4.69) is 4.74 Å². The van der Waals surface area contributed by atoms with Crippen molar-refractivity contribution in [3.63, 3.8) is 0 Å². The molecule has 2 amide bonds. The Morgan fingerprint density at radius 2 is 1.57 bits per heavy atom. The zero-order valence-electron chi connectivity index (χ0n) is 24.2. The van der Waals surface area contributed by atoms with Crippen LogP contribution in [0.25, 0.3) is 0 Å². The molecule has 0 aromatic carbocycles. The molecule has 0 fully saturated rings. The van der Waals surface area contributed by atoms with Crippen LogP contribution in [0, 0.1) is 0 Å². The summed E-state index contributed by atoms with van der Waals surface area (Å²) in [6.45, 7) is 7.39. The maximum atomic E-state index is 13.3. The van der Waals surface area contributed by atoms with Gasteiger partial charge in [-0.05, 0) is 52.7 Å². The van der Waals surface area contributed by atoms with Crippen LogP contribution >= 0.6 is 11.8 Å². The minimum absolute atomic E-state index is 0.0367. The van der Waals surface area contributed by atoms with Crippen molar-refractivity contribution in [2.45, 2.75) is 77.6 Å². The molecule has 15 nitrogen and oxygen atoms in total. The van der Waals surface area contributed by atoms with Crippen molar-refractivity contribution in [3.05, 3.63) is 20.1 Å². The first-order valence-electron chi connectivity index (χ1n) is 12.7. The van der Waals surface area contributed by atoms with Crippen molar-refractivity contribution < 1.29 is 55.0 Å². The quantitative estimate of drug-likeness (QED) is 0.226. The number of sulfonamides is 1. The molecule has 236 valence electrons. The molecule has 0 bridgehead atoms. The van der Waals surface area contributed by atoms with E-state index in [1.807, 2.05) is 0 Å². The Bertz CT molecular complexity index is 1420. The summed E-state index contributed by atoms with van der Waals surface area (Å²) in [5, 5.41) is 4.46. The molecule has 2 aliphatic rings. The second-order valence-corrected chi connectivity index (χ2v) is 15.1. The van der Waals surface area contributed by atoms with E-state index in [1.54, 1.807) is 6.92 Å². The van der Waals surface area contributed by atoms with E-state index in [0.717, 1.165) is 11.8 Å². The van der Waals surface area contributed by atoms with E-state index in [1.165, 1.54) is 45.7 Å². The highest BCUT2D eigenvalue weighted by Gasteiger charge is 2.45. The number of thioether (sulfide) groups is 1. The van der Waals surface area contributed by atoms with Gasteiger partial charge < -0.3 is 24.0 Å². The van der Waals surface area contributed by atoms with E-state index in [4.69, 9.17) is 14.6 Å². The molecule has 0 saturated carbocycles. The number of amides is 2. The normalized spacial score (nSPS) is 21.7. The molecule has 2 N–H and O–H groups in total. The minimum atomic E-state index is -4.30. The molecule has 5 atom stereocenters. The predicted octanol–water partition coefficient (Wildman–Crippen LogP) is -0.228. The number of primary sulfonamides is 1. The van der Waals surface area contributed by atoms with Gasteiger partial charge in [-0.3, -0.25) is 14.4 Å². The molecule has 42 heavy (non-hydrogen) atoms. The van der Waals surface area contributed by atoms with E-state index in [9.17, 15) is 40.8 Å². The van der Waals surface area contributed by atoms with Crippen LogP contribution in [0.1, 0.15) is 48.0 Å². The van der Waals surface area contributed by atoms with E-state index in [-0.39, 0.29) is 17.2 Å². The molecule has 2 heterocycles. The zero-order chi connectivity index (χ0) is 32.3. The highest BCUT2D eigenvalue weighted by atomic mass is 32.3. The molecular formula is C24H35N3O12S3. The molecule has 0 aliphatic carbocycles. The second kappa shape index (κ2) is 13.6. The fraction of sp³-hybridized carbons (Fsp3) is 0.625. The van der Waals surface area contributed by atoms with Gasteiger partial charge in [-0.1, -0.05) is 11.8 Å². The van der Waals surface area contributed by atoms with Crippen LogP contribution < -0.4 is 5.14 Å². The second-order valence-electron chi connectivity index (χ2n) is 9.73. The number of rotatable bonds is 11. The van der Waals surface area contributed by atoms with Crippen LogP contribution in [0.5, 0.6) is 0 Å². The monoisotopic (exact) mass is 653 g/mol. The van der Waals surface area contributed by atoms with Gasteiger partial charge in [0.15, 0.2) is 28.1 Å². The summed E-state index contributed by atoms with van der Waals surface area (Å²) < 4.78 is 64.1. The lowest BCUT2D eigenvalue weighted by atomic mass is 10.0. The summed E-state index contributed by atoms with van der Waals surface area (Å²) in [6.07, 6.45) is -2.80. The van der Waals surface area contributed by atoms with Crippen LogP contribution in [0.15, 0.2) is 20.1 Å². The summed E-state index contributed by atoms with van der Waals surface area (Å²) >= 11 is 0.537. The Morgan fingerprint density at radius 3 is 2.07 bits per heavy atom. The van der Waals surface area contributed by atoms with Crippen LogP contribution in [0.4, 0.5) is 0 Å². The third-order valence-corrected chi connectivity index (χ3v) is 11.7. The number of hydrogen-bond donors (Lipinski definition) is 1. The summed E-state index contributed by atoms with van der Waals surface area (Å²) in [5.41, 5.74) is 0.359. The predicted molar refractivity (Wildman–Crippen MR) is 150 cm³/mol. The third kappa shape index (κ3) is 8.11. The van der Waals surface area contributed by atoms with Gasteiger partial charge in [0.2, 0.25) is 15.9 Å². The molecule has 0 radical (unpaired) electrons. The van der Waals surface area contributed by atoms with Gasteiger partial charge in [0, 0.05) is 20.5 Å². The minimum Gasteiger partial charge on any atom is -0.451 e. The number of nitrogens with two attached hydrogens (primary N) is 1. The molecule has 0 unspecified atom stereocenters. The van der Waals surface area contributed by atoms with Gasteiger partial charge in [-0.25, -0.2) is 31.6 Å². The number of ether oxygens (including phenoxy) is 3. The summed E-state index contributed by atoms with van der Waals surface area (Å²) in [4.78, 5) is 63.7. The van der Waals surface area contributed by atoms with Gasteiger partial charge in [-0.15, -0.1) is 0 Å². The highest BCUT2D eigenvalue weighted by Crippen LogP contribution is 2.48. The van der Waals surface area contributed by atoms with E-state index >= 15 is 0 Å². The number of hydrogen-bond acceptors (Lipinski definition) is 13. The van der Waals surface area contributed by atoms with Crippen molar-refractivity contribution in [1.29, 1.82) is 0 Å². The molecular weight excluding hydrogens is 618 g/mol. The summed E-state index contributed by atoms with van der Waals surface area (Å²) in [5.74, 6) is -4.21. The Hall–Kier alpha value is -2.96. The van der Waals surface area contributed by atoms with Gasteiger partial charge in [0.1, 0.15) is 8.47 Å². The first-order valence-corrected chi connectivity index (χ1v) is 16.6. The van der Waals surface area contributed by atoms with Crippen molar-refractivity contribution in [1.82, 2.24) is 9.80 Å². The van der Waals surface area contributed by atoms with Gasteiger partial charge >= 0.3 is 17.9 Å². The van der Waals surface area contributed by atoms with Crippen molar-refractivity contribution in [3.8, 4) is 0 Å². The van der Waals surface area contributed by atoms with Crippen molar-refractivity contribution in [2.24, 2.45) is 5.14 Å². The average Bonchev–Trinajstić information content (AvgIpc) is 3.10. The maximum Gasteiger partial charge on any atom is 0.347 e. The van der Waals surface area contributed by atoms with Crippen LogP contribution in [0.2, 0.25) is 0 Å². The zero-order valence-corrected chi connectivity index (χ0v) is 26.6. The van der Waals surface area contributed by atoms with Crippen LogP contribution in [0.3, 0.4) is 0 Å². The first-order chi connectivity index (χ1) is 19.2. The largest absolute Gasteiger partial charge is 0.451 e. The fourth-order valence-electron chi connectivity index (χ4n) is 4.17. The standard InChI is InChI=1S/C24H35N3O12S3/c1-8-27(18-10-20(42(25,35)36)40-24-17(18)9-12(2)41(24,33)34)19(29)11-26(7)21(30)13(3)38-23(32)15(5)39-22(31)14(4)37-16(6)28/h10,12-15,18H,8-9,11H2,1-7H3,(H2,25,35,36)/t12-,13-,14-,15-,18-/m0/s1. The van der Waals surface area contributed by atoms with Gasteiger partial charge in [0.05, 0.1) is 17.8 Å². The number of carbonyl (C=O) groups is 5. The lowest BCUT2D eigenvalue weighted by molar-refractivity contribution is -0.179. The Balaban J connectivity index is 2.14. The average molecular weight is 654 g/mol. The van der Waals surface area contributed by atoms with Crippen LogP contribution in [-0.4, -0.2) is 106 Å². The molecule has 0 aromatic heterocycles. The molecule has 0 saturated heterocycles. The number of sulfone groups is 1. The molecule has 2 rings (SSSR count). The molecule has 0 spiro atoms. The maximum absolute atomic E-state index is 13.3. The Morgan fingerprint density at radius 1 is 1.05 bits per heavy atom. The topological polar surface area (TPSA) is 214 Å². The number of carbonyl (C=O) groups excluding carboxylic acids is 5. The highest BCUT2D eigenvalue weighted by molar-refractivity contribution is 8.27. The Kier molecular flexibility index (Phi) is 11.4. The smallest absolute Gasteiger partial charge is 0.347 e. The van der Waals surface area contributed by atoms with Gasteiger partial charge in [-0.2, -0.15) is 0 Å². The third-order valence-electron chi connectivity index (χ3n) is 6.37. The van der Waals surface area contributed by atoms with E-state index < -0.39 is 90.0 Å². The lowest BCUT2D eigenvalue weighted by Gasteiger charge is -2.34. The lowest BCUT2D eigenvalue weighted by Crippen LogP contribution is -2.48. The fourth-order valence-corrected chi connectivity index (χ4v) is 8.63. The number of likely N-dealkylation sites (N-methyl/N-ethyl adjacent to an activating group) is 2. The Labute approximate surface area is 248 Å². The summed E-state index contributed by atoms with van der Waals surface area (Å²) in [6, 6.07) is -1.03. The SMILES string of the molecule is CCN(C(=O)CN(C)C(=O)[C@H](C)OC(=O)[C@H](C)OC(=O)[C@H](C)OC(C)=O)[C@H]1C=C(S(N)(=O)=O)SC2=C1C[C@H](C)S2(=O)=O. The van der Waals surface area contributed by atoms with Gasteiger partial charge in [0.25, 0.3) is 5.91 Å². The molecule has 2 aliphatic heterocycles. The van der Waals surface area contributed by atoms with Crippen LogP contribution in [-0.2, 0) is 58.0 Å².